The quantitative estimate of drug-likeness (QED) is 0.230. The lowest BCUT2D eigenvalue weighted by molar-refractivity contribution is 0.104. The maximum atomic E-state index is 12.8. The molecular formula is C27H19BrO. The van der Waals surface area contributed by atoms with Gasteiger partial charge in [0.05, 0.1) is 0 Å². The van der Waals surface area contributed by atoms with E-state index in [1.165, 1.54) is 0 Å². The summed E-state index contributed by atoms with van der Waals surface area (Å²) in [6.45, 7) is 0. The maximum Gasteiger partial charge on any atom is 0.185 e. The van der Waals surface area contributed by atoms with E-state index < -0.39 is 0 Å². The van der Waals surface area contributed by atoms with Crippen molar-refractivity contribution in [1.82, 2.24) is 0 Å². The number of rotatable bonds is 5. The van der Waals surface area contributed by atoms with E-state index in [1.807, 2.05) is 84.9 Å². The summed E-state index contributed by atoms with van der Waals surface area (Å²) in [6, 6.07) is 34.3. The predicted molar refractivity (Wildman–Crippen MR) is 125 cm³/mol. The molecule has 0 aromatic heterocycles. The van der Waals surface area contributed by atoms with Crippen molar-refractivity contribution >= 4 is 27.8 Å². The average Bonchev–Trinajstić information content (AvgIpc) is 2.78. The van der Waals surface area contributed by atoms with Crippen LogP contribution >= 0.6 is 15.9 Å². The Hall–Kier alpha value is -3.23. The number of carbonyl (C=O) groups excluding carboxylic acids is 1. The first-order valence-electron chi connectivity index (χ1n) is 9.43. The number of allylic oxidation sites excluding steroid dienone is 1. The van der Waals surface area contributed by atoms with Crippen LogP contribution in [0.3, 0.4) is 0 Å². The number of hydrogen-bond donors (Lipinski definition) is 0. The minimum absolute atomic E-state index is 0.0198. The summed E-state index contributed by atoms with van der Waals surface area (Å²) in [7, 11) is 0. The number of hydrogen-bond acceptors (Lipinski definition) is 1. The summed E-state index contributed by atoms with van der Waals surface area (Å²) < 4.78 is 0.890. The number of carbonyl (C=O) groups is 1. The van der Waals surface area contributed by atoms with Crippen LogP contribution in [0.2, 0.25) is 0 Å². The Morgan fingerprint density at radius 1 is 0.621 bits per heavy atom. The van der Waals surface area contributed by atoms with Crippen LogP contribution in [-0.2, 0) is 0 Å². The minimum Gasteiger partial charge on any atom is -0.289 e. The van der Waals surface area contributed by atoms with E-state index in [4.69, 9.17) is 0 Å². The van der Waals surface area contributed by atoms with Crippen molar-refractivity contribution in [3.05, 3.63) is 125 Å². The van der Waals surface area contributed by atoms with E-state index in [0.29, 0.717) is 5.56 Å². The Kier molecular flexibility index (Phi) is 5.83. The molecule has 29 heavy (non-hydrogen) atoms. The van der Waals surface area contributed by atoms with Crippen molar-refractivity contribution in [1.29, 1.82) is 0 Å². The van der Waals surface area contributed by atoms with E-state index in [9.17, 15) is 4.79 Å². The normalized spacial score (nSPS) is 10.9. The van der Waals surface area contributed by atoms with Gasteiger partial charge in [-0.3, -0.25) is 4.79 Å². The highest BCUT2D eigenvalue weighted by Gasteiger charge is 2.07. The molecule has 0 N–H and O–H groups in total. The van der Waals surface area contributed by atoms with Gasteiger partial charge in [-0.25, -0.2) is 0 Å². The van der Waals surface area contributed by atoms with Crippen LogP contribution in [0.15, 0.2) is 114 Å². The van der Waals surface area contributed by atoms with Crippen LogP contribution in [0.5, 0.6) is 0 Å². The molecule has 0 aliphatic carbocycles. The molecule has 0 amide bonds. The van der Waals surface area contributed by atoms with Crippen molar-refractivity contribution in [3.63, 3.8) is 0 Å². The number of benzene rings is 4. The lowest BCUT2D eigenvalue weighted by atomic mass is 10.00. The van der Waals surface area contributed by atoms with Crippen molar-refractivity contribution in [2.75, 3.05) is 0 Å². The summed E-state index contributed by atoms with van der Waals surface area (Å²) in [6.07, 6.45) is 3.51. The van der Waals surface area contributed by atoms with E-state index in [2.05, 4.69) is 40.2 Å². The molecule has 4 rings (SSSR count). The van der Waals surface area contributed by atoms with Gasteiger partial charge in [-0.05, 0) is 58.2 Å². The fourth-order valence-electron chi connectivity index (χ4n) is 3.25. The fraction of sp³-hybridized carbons (Fsp3) is 0. The Balaban J connectivity index is 1.59. The molecule has 0 saturated carbocycles. The van der Waals surface area contributed by atoms with Gasteiger partial charge in [0.25, 0.3) is 0 Å². The van der Waals surface area contributed by atoms with Crippen LogP contribution in [-0.4, -0.2) is 5.78 Å². The summed E-state index contributed by atoms with van der Waals surface area (Å²) >= 11 is 3.53. The van der Waals surface area contributed by atoms with Gasteiger partial charge in [0.15, 0.2) is 5.78 Å². The summed E-state index contributed by atoms with van der Waals surface area (Å²) in [5.41, 5.74) is 6.06. The zero-order chi connectivity index (χ0) is 20.1. The van der Waals surface area contributed by atoms with E-state index in [1.54, 1.807) is 6.08 Å². The SMILES string of the molecule is O=C(C=Cc1cccc(-c2ccccc2)c1)c1cc(Br)cc(-c2ccccc2)c1. The van der Waals surface area contributed by atoms with Crippen molar-refractivity contribution < 1.29 is 4.79 Å². The van der Waals surface area contributed by atoms with Crippen LogP contribution in [0.25, 0.3) is 28.3 Å². The first kappa shape index (κ1) is 19.1. The lowest BCUT2D eigenvalue weighted by Gasteiger charge is -2.06. The van der Waals surface area contributed by atoms with Gasteiger partial charge in [0, 0.05) is 10.0 Å². The van der Waals surface area contributed by atoms with Gasteiger partial charge in [-0.2, -0.15) is 0 Å². The van der Waals surface area contributed by atoms with Crippen LogP contribution in [0.1, 0.15) is 15.9 Å². The second-order valence-electron chi connectivity index (χ2n) is 6.78. The molecule has 4 aromatic rings. The first-order chi connectivity index (χ1) is 14.2. The molecule has 0 aliphatic heterocycles. The third kappa shape index (κ3) is 4.79. The van der Waals surface area contributed by atoms with Gasteiger partial charge < -0.3 is 0 Å². The molecule has 0 heterocycles. The predicted octanol–water partition coefficient (Wildman–Crippen LogP) is 7.68. The van der Waals surface area contributed by atoms with Crippen molar-refractivity contribution in [3.8, 4) is 22.3 Å². The molecule has 0 fully saturated rings. The molecule has 0 bridgehead atoms. The summed E-state index contributed by atoms with van der Waals surface area (Å²) in [4.78, 5) is 12.8. The van der Waals surface area contributed by atoms with Gasteiger partial charge >= 0.3 is 0 Å². The van der Waals surface area contributed by atoms with Crippen LogP contribution in [0.4, 0.5) is 0 Å². The van der Waals surface area contributed by atoms with Gasteiger partial charge in [0.1, 0.15) is 0 Å². The van der Waals surface area contributed by atoms with Crippen LogP contribution < -0.4 is 0 Å². The second kappa shape index (κ2) is 8.85. The fourth-order valence-corrected chi connectivity index (χ4v) is 3.74. The average molecular weight is 439 g/mol. The van der Waals surface area contributed by atoms with Crippen molar-refractivity contribution in [2.45, 2.75) is 0 Å². The second-order valence-corrected chi connectivity index (χ2v) is 7.70. The Bertz CT molecular complexity index is 1160. The van der Waals surface area contributed by atoms with Gasteiger partial charge in [-0.1, -0.05) is 101 Å². The Morgan fingerprint density at radius 3 is 1.93 bits per heavy atom. The molecule has 4 aromatic carbocycles. The molecule has 140 valence electrons. The Labute approximate surface area is 179 Å². The molecule has 1 nitrogen and oxygen atoms in total. The summed E-state index contributed by atoms with van der Waals surface area (Å²) in [5, 5.41) is 0. The smallest absolute Gasteiger partial charge is 0.185 e. The molecule has 0 saturated heterocycles. The zero-order valence-electron chi connectivity index (χ0n) is 15.8. The summed E-state index contributed by atoms with van der Waals surface area (Å²) in [5.74, 6) is -0.0198. The van der Waals surface area contributed by atoms with E-state index in [-0.39, 0.29) is 5.78 Å². The first-order valence-corrected chi connectivity index (χ1v) is 10.2. The van der Waals surface area contributed by atoms with E-state index >= 15 is 0 Å². The van der Waals surface area contributed by atoms with Gasteiger partial charge in [-0.15, -0.1) is 0 Å². The molecule has 0 radical (unpaired) electrons. The lowest BCUT2D eigenvalue weighted by Crippen LogP contribution is -1.95. The van der Waals surface area contributed by atoms with E-state index in [0.717, 1.165) is 32.3 Å². The third-order valence-corrected chi connectivity index (χ3v) is 5.17. The largest absolute Gasteiger partial charge is 0.289 e. The van der Waals surface area contributed by atoms with Crippen LogP contribution in [0, 0.1) is 0 Å². The topological polar surface area (TPSA) is 17.1 Å². The highest BCUT2D eigenvalue weighted by atomic mass is 79.9. The Morgan fingerprint density at radius 2 is 1.24 bits per heavy atom. The molecule has 0 aliphatic rings. The monoisotopic (exact) mass is 438 g/mol. The molecule has 2 heteroatoms. The zero-order valence-corrected chi connectivity index (χ0v) is 17.3. The standard InChI is InChI=1S/C27H19BrO/c28-26-18-24(22-11-5-2-6-12-22)17-25(19-26)27(29)15-14-20-8-7-13-23(16-20)21-9-3-1-4-10-21/h1-19H. The number of ketones is 1. The molecule has 0 spiro atoms. The highest BCUT2D eigenvalue weighted by molar-refractivity contribution is 9.10. The maximum absolute atomic E-state index is 12.8. The number of halogens is 1. The highest BCUT2D eigenvalue weighted by Crippen LogP contribution is 2.26. The van der Waals surface area contributed by atoms with Crippen molar-refractivity contribution in [2.24, 2.45) is 0 Å². The minimum atomic E-state index is -0.0198. The molecule has 0 unspecified atom stereocenters. The van der Waals surface area contributed by atoms with Gasteiger partial charge in [0.2, 0.25) is 0 Å². The third-order valence-electron chi connectivity index (χ3n) is 4.71. The molecule has 0 atom stereocenters. The molecular weight excluding hydrogens is 420 g/mol.